The van der Waals surface area contributed by atoms with E-state index in [4.69, 9.17) is 9.47 Å². The molecule has 2 aromatic rings. The minimum Gasteiger partial charge on any atom is -0.493 e. The van der Waals surface area contributed by atoms with Gasteiger partial charge in [0.1, 0.15) is 0 Å². The molecule has 0 unspecified atom stereocenters. The van der Waals surface area contributed by atoms with Gasteiger partial charge in [-0.05, 0) is 24.3 Å². The van der Waals surface area contributed by atoms with Gasteiger partial charge < -0.3 is 14.8 Å². The molecule has 0 saturated carbocycles. The van der Waals surface area contributed by atoms with E-state index in [1.807, 2.05) is 0 Å². The molecule has 1 N–H and O–H groups in total. The minimum absolute atomic E-state index is 0.103. The standard InChI is InChI=1S/C15H13FN2O5/c1-22-13-4-2-3-5-14(13)23-9-15(19)17-10-6-7-11(16)12(8-10)18(20)21/h2-8H,9H2,1H3,(H,17,19). The Balaban J connectivity index is 2.00. The molecular weight excluding hydrogens is 307 g/mol. The number of rotatable bonds is 6. The second-order valence-corrected chi connectivity index (χ2v) is 4.41. The molecule has 8 heteroatoms. The third kappa shape index (κ3) is 4.16. The molecule has 0 aromatic heterocycles. The Hall–Kier alpha value is -3.16. The van der Waals surface area contributed by atoms with Crippen LogP contribution in [0.15, 0.2) is 42.5 Å². The number of amides is 1. The van der Waals surface area contributed by atoms with Gasteiger partial charge in [0.05, 0.1) is 12.0 Å². The summed E-state index contributed by atoms with van der Waals surface area (Å²) in [4.78, 5) is 21.6. The fourth-order valence-electron chi connectivity index (χ4n) is 1.81. The molecule has 0 heterocycles. The monoisotopic (exact) mass is 320 g/mol. The number of nitrogens with one attached hydrogen (secondary N) is 1. The highest BCUT2D eigenvalue weighted by Gasteiger charge is 2.15. The molecule has 0 bridgehead atoms. The second kappa shape index (κ2) is 7.21. The highest BCUT2D eigenvalue weighted by molar-refractivity contribution is 5.92. The van der Waals surface area contributed by atoms with Crippen LogP contribution in [-0.4, -0.2) is 24.5 Å². The third-order valence-electron chi connectivity index (χ3n) is 2.85. The predicted octanol–water partition coefficient (Wildman–Crippen LogP) is 2.76. The Morgan fingerprint density at radius 3 is 2.61 bits per heavy atom. The number of carbonyl (C=O) groups excluding carboxylic acids is 1. The van der Waals surface area contributed by atoms with Gasteiger partial charge in [-0.25, -0.2) is 0 Å². The Morgan fingerprint density at radius 1 is 1.26 bits per heavy atom. The first kappa shape index (κ1) is 16.2. The number of para-hydroxylation sites is 2. The van der Waals surface area contributed by atoms with Gasteiger partial charge in [-0.3, -0.25) is 14.9 Å². The van der Waals surface area contributed by atoms with Gasteiger partial charge in [-0.2, -0.15) is 4.39 Å². The lowest BCUT2D eigenvalue weighted by Gasteiger charge is -2.10. The average Bonchev–Trinajstić information content (AvgIpc) is 2.54. The number of ether oxygens (including phenoxy) is 2. The minimum atomic E-state index is -0.974. The Bertz CT molecular complexity index is 736. The van der Waals surface area contributed by atoms with Crippen molar-refractivity contribution in [2.45, 2.75) is 0 Å². The fraction of sp³-hybridized carbons (Fsp3) is 0.133. The van der Waals surface area contributed by atoms with Crippen molar-refractivity contribution in [1.29, 1.82) is 0 Å². The van der Waals surface area contributed by atoms with E-state index in [9.17, 15) is 19.3 Å². The summed E-state index contributed by atoms with van der Waals surface area (Å²) in [6, 6.07) is 9.86. The maximum absolute atomic E-state index is 13.2. The topological polar surface area (TPSA) is 90.7 Å². The predicted molar refractivity (Wildman–Crippen MR) is 80.2 cm³/mol. The van der Waals surface area contributed by atoms with Gasteiger partial charge in [0, 0.05) is 11.8 Å². The van der Waals surface area contributed by atoms with E-state index >= 15 is 0 Å². The number of benzene rings is 2. The molecule has 0 atom stereocenters. The number of hydrogen-bond donors (Lipinski definition) is 1. The van der Waals surface area contributed by atoms with E-state index in [0.717, 1.165) is 12.1 Å². The number of methoxy groups -OCH3 is 1. The van der Waals surface area contributed by atoms with E-state index in [1.54, 1.807) is 24.3 Å². The van der Waals surface area contributed by atoms with Crippen LogP contribution < -0.4 is 14.8 Å². The van der Waals surface area contributed by atoms with Gasteiger partial charge >= 0.3 is 5.69 Å². The lowest BCUT2D eigenvalue weighted by atomic mass is 10.2. The molecule has 2 aromatic carbocycles. The van der Waals surface area contributed by atoms with Crippen LogP contribution in [0.3, 0.4) is 0 Å². The van der Waals surface area contributed by atoms with Gasteiger partial charge in [0.15, 0.2) is 18.1 Å². The highest BCUT2D eigenvalue weighted by atomic mass is 19.1. The van der Waals surface area contributed by atoms with E-state index in [-0.39, 0.29) is 12.3 Å². The third-order valence-corrected chi connectivity index (χ3v) is 2.85. The second-order valence-electron chi connectivity index (χ2n) is 4.41. The van der Waals surface area contributed by atoms with Crippen LogP contribution in [-0.2, 0) is 4.79 Å². The SMILES string of the molecule is COc1ccccc1OCC(=O)Nc1ccc(F)c([N+](=O)[O-])c1. The largest absolute Gasteiger partial charge is 0.493 e. The zero-order chi connectivity index (χ0) is 16.8. The van der Waals surface area contributed by atoms with Crippen molar-refractivity contribution in [3.8, 4) is 11.5 Å². The lowest BCUT2D eigenvalue weighted by molar-refractivity contribution is -0.387. The summed E-state index contributed by atoms with van der Waals surface area (Å²) in [7, 11) is 1.47. The lowest BCUT2D eigenvalue weighted by Crippen LogP contribution is -2.20. The van der Waals surface area contributed by atoms with Gasteiger partial charge in [0.25, 0.3) is 5.91 Å². The van der Waals surface area contributed by atoms with E-state index in [2.05, 4.69) is 5.32 Å². The zero-order valence-electron chi connectivity index (χ0n) is 12.1. The molecule has 0 aliphatic carbocycles. The van der Waals surface area contributed by atoms with Crippen molar-refractivity contribution in [3.63, 3.8) is 0 Å². The quantitative estimate of drug-likeness (QED) is 0.653. The maximum Gasteiger partial charge on any atom is 0.306 e. The van der Waals surface area contributed by atoms with E-state index in [0.29, 0.717) is 11.5 Å². The Labute approximate surface area is 130 Å². The number of nitrogens with zero attached hydrogens (tertiary/aromatic N) is 1. The van der Waals surface area contributed by atoms with Crippen molar-refractivity contribution >= 4 is 17.3 Å². The summed E-state index contributed by atoms with van der Waals surface area (Å²) in [5.74, 6) is -0.664. The van der Waals surface area contributed by atoms with Crippen LogP contribution in [0.25, 0.3) is 0 Å². The molecule has 0 aliphatic heterocycles. The number of halogens is 1. The average molecular weight is 320 g/mol. The fourth-order valence-corrected chi connectivity index (χ4v) is 1.81. The molecule has 120 valence electrons. The molecule has 7 nitrogen and oxygen atoms in total. The molecule has 0 saturated heterocycles. The first-order valence-corrected chi connectivity index (χ1v) is 6.51. The summed E-state index contributed by atoms with van der Waals surface area (Å²) in [6.45, 7) is -0.328. The van der Waals surface area contributed by atoms with Gasteiger partial charge in [-0.15, -0.1) is 0 Å². The van der Waals surface area contributed by atoms with Crippen molar-refractivity contribution in [3.05, 3.63) is 58.4 Å². The molecule has 2 rings (SSSR count). The van der Waals surface area contributed by atoms with Crippen LogP contribution in [0.1, 0.15) is 0 Å². The Kier molecular flexibility index (Phi) is 5.08. The number of carbonyl (C=O) groups is 1. The molecule has 23 heavy (non-hydrogen) atoms. The van der Waals surface area contributed by atoms with Gasteiger partial charge in [-0.1, -0.05) is 12.1 Å². The summed E-state index contributed by atoms with van der Waals surface area (Å²) < 4.78 is 23.6. The first-order valence-electron chi connectivity index (χ1n) is 6.51. The number of hydrogen-bond acceptors (Lipinski definition) is 5. The summed E-state index contributed by atoms with van der Waals surface area (Å²) in [6.07, 6.45) is 0. The molecular formula is C15H13FN2O5. The molecule has 0 aliphatic rings. The van der Waals surface area contributed by atoms with Crippen molar-refractivity contribution in [1.82, 2.24) is 0 Å². The van der Waals surface area contributed by atoms with Crippen molar-refractivity contribution < 1.29 is 23.6 Å². The Morgan fingerprint density at radius 2 is 1.96 bits per heavy atom. The smallest absolute Gasteiger partial charge is 0.306 e. The van der Waals surface area contributed by atoms with Crippen LogP contribution in [0.2, 0.25) is 0 Å². The zero-order valence-corrected chi connectivity index (χ0v) is 12.1. The molecule has 0 radical (unpaired) electrons. The highest BCUT2D eigenvalue weighted by Crippen LogP contribution is 2.26. The summed E-state index contributed by atoms with van der Waals surface area (Å²) in [5, 5.41) is 13.1. The van der Waals surface area contributed by atoms with Crippen molar-refractivity contribution in [2.75, 3.05) is 19.0 Å². The van der Waals surface area contributed by atoms with Crippen LogP contribution >= 0.6 is 0 Å². The number of nitro groups is 1. The number of nitro benzene ring substituents is 1. The normalized spacial score (nSPS) is 10.0. The van der Waals surface area contributed by atoms with Crippen LogP contribution in [0.5, 0.6) is 11.5 Å². The molecule has 1 amide bonds. The number of anilines is 1. The first-order chi connectivity index (χ1) is 11.0. The van der Waals surface area contributed by atoms with Crippen molar-refractivity contribution in [2.24, 2.45) is 0 Å². The van der Waals surface area contributed by atoms with Crippen LogP contribution in [0.4, 0.5) is 15.8 Å². The molecule has 0 fully saturated rings. The summed E-state index contributed by atoms with van der Waals surface area (Å²) in [5.41, 5.74) is -0.611. The van der Waals surface area contributed by atoms with E-state index < -0.39 is 22.3 Å². The summed E-state index contributed by atoms with van der Waals surface area (Å²) >= 11 is 0. The van der Waals surface area contributed by atoms with Crippen LogP contribution in [0, 0.1) is 15.9 Å². The van der Waals surface area contributed by atoms with E-state index in [1.165, 1.54) is 13.2 Å². The molecule has 0 spiro atoms. The maximum atomic E-state index is 13.2. The van der Waals surface area contributed by atoms with Gasteiger partial charge in [0.2, 0.25) is 5.82 Å².